The molecule has 9 heteroatoms. The van der Waals surface area contributed by atoms with Crippen LogP contribution in [0.2, 0.25) is 5.02 Å². The summed E-state index contributed by atoms with van der Waals surface area (Å²) in [6, 6.07) is 4.16. The number of sulfonamides is 1. The molecule has 1 aromatic carbocycles. The second-order valence-corrected chi connectivity index (χ2v) is 7.87. The second kappa shape index (κ2) is 6.51. The van der Waals surface area contributed by atoms with Crippen LogP contribution in [0.4, 0.5) is 0 Å². The number of hydrogen-bond acceptors (Lipinski definition) is 4. The molecule has 1 fully saturated rings. The normalized spacial score (nSPS) is 23.4. The summed E-state index contributed by atoms with van der Waals surface area (Å²) in [5.74, 6) is -0.263. The fraction of sp³-hybridized carbons (Fsp3) is 0.417. The molecule has 0 aliphatic heterocycles. The van der Waals surface area contributed by atoms with Gasteiger partial charge in [-0.3, -0.25) is 0 Å². The first-order valence-electron chi connectivity index (χ1n) is 6.30. The molecule has 1 saturated carbocycles. The molecule has 2 rings (SSSR count). The quantitative estimate of drug-likeness (QED) is 0.314. The van der Waals surface area contributed by atoms with Crippen LogP contribution in [0.25, 0.3) is 0 Å². The van der Waals surface area contributed by atoms with Crippen molar-refractivity contribution in [2.24, 2.45) is 16.8 Å². The van der Waals surface area contributed by atoms with Gasteiger partial charge in [0.1, 0.15) is 10.7 Å². The summed E-state index contributed by atoms with van der Waals surface area (Å²) in [4.78, 5) is 0.0116. The van der Waals surface area contributed by atoms with Crippen molar-refractivity contribution >= 4 is 43.4 Å². The van der Waals surface area contributed by atoms with E-state index < -0.39 is 16.1 Å². The Kier molecular flexibility index (Phi) is 5.13. The lowest BCUT2D eigenvalue weighted by Crippen LogP contribution is -2.42. The molecule has 0 aromatic heterocycles. The molecule has 2 atom stereocenters. The van der Waals surface area contributed by atoms with Gasteiger partial charge in [-0.2, -0.15) is 0 Å². The summed E-state index contributed by atoms with van der Waals surface area (Å²) < 4.78 is 28.1. The van der Waals surface area contributed by atoms with Crippen molar-refractivity contribution in [1.29, 1.82) is 0 Å². The van der Waals surface area contributed by atoms with Crippen LogP contribution in [0.15, 0.2) is 32.7 Å². The summed E-state index contributed by atoms with van der Waals surface area (Å²) in [6.07, 6.45) is 2.12. The molecule has 0 saturated heterocycles. The number of nitrogens with one attached hydrogen (secondary N) is 1. The number of rotatable bonds is 4. The standard InChI is InChI=1S/C12H15BrClN3O3S/c13-7-4-5-11(9(14)6-7)21(19,20)17-10-3-1-2-8(10)12(15)16-18/h4-6,8,10,17-18H,1-3H2,(H2,15,16). The van der Waals surface area contributed by atoms with Crippen LogP contribution >= 0.6 is 27.5 Å². The Labute approximate surface area is 136 Å². The average molecular weight is 397 g/mol. The molecular weight excluding hydrogens is 382 g/mol. The Morgan fingerprint density at radius 1 is 1.48 bits per heavy atom. The van der Waals surface area contributed by atoms with E-state index in [1.807, 2.05) is 0 Å². The minimum Gasteiger partial charge on any atom is -0.409 e. The topological polar surface area (TPSA) is 105 Å². The first-order chi connectivity index (χ1) is 9.85. The molecule has 2 unspecified atom stereocenters. The minimum atomic E-state index is -3.76. The maximum absolute atomic E-state index is 12.4. The van der Waals surface area contributed by atoms with E-state index in [0.717, 1.165) is 6.42 Å². The van der Waals surface area contributed by atoms with E-state index in [9.17, 15) is 8.42 Å². The molecule has 0 bridgehead atoms. The van der Waals surface area contributed by atoms with E-state index in [1.165, 1.54) is 12.1 Å². The summed E-state index contributed by atoms with van der Waals surface area (Å²) in [7, 11) is -3.76. The van der Waals surface area contributed by atoms with Crippen LogP contribution < -0.4 is 10.5 Å². The fourth-order valence-corrected chi connectivity index (χ4v) is 4.83. The largest absolute Gasteiger partial charge is 0.409 e. The molecule has 4 N–H and O–H groups in total. The Morgan fingerprint density at radius 2 is 2.19 bits per heavy atom. The zero-order valence-corrected chi connectivity index (χ0v) is 14.1. The van der Waals surface area contributed by atoms with Gasteiger partial charge in [-0.1, -0.05) is 39.1 Å². The molecule has 0 amide bonds. The van der Waals surface area contributed by atoms with Crippen molar-refractivity contribution in [3.63, 3.8) is 0 Å². The number of nitrogens with two attached hydrogens (primary N) is 1. The van der Waals surface area contributed by atoms with Crippen molar-refractivity contribution in [1.82, 2.24) is 4.72 Å². The van der Waals surface area contributed by atoms with E-state index in [0.29, 0.717) is 17.3 Å². The zero-order chi connectivity index (χ0) is 15.6. The van der Waals surface area contributed by atoms with Gasteiger partial charge in [0.05, 0.1) is 5.02 Å². The lowest BCUT2D eigenvalue weighted by atomic mass is 10.0. The maximum Gasteiger partial charge on any atom is 0.242 e. The third kappa shape index (κ3) is 3.68. The van der Waals surface area contributed by atoms with Crippen LogP contribution in [-0.4, -0.2) is 25.5 Å². The van der Waals surface area contributed by atoms with Crippen molar-refractivity contribution in [3.8, 4) is 0 Å². The van der Waals surface area contributed by atoms with Crippen molar-refractivity contribution in [3.05, 3.63) is 27.7 Å². The second-order valence-electron chi connectivity index (χ2n) is 4.86. The highest BCUT2D eigenvalue weighted by Gasteiger charge is 2.34. The Hall–Kier alpha value is -0.830. The third-order valence-electron chi connectivity index (χ3n) is 3.50. The van der Waals surface area contributed by atoms with E-state index in [-0.39, 0.29) is 21.7 Å². The fourth-order valence-electron chi connectivity index (χ4n) is 2.49. The number of benzene rings is 1. The van der Waals surface area contributed by atoms with Crippen LogP contribution in [0.3, 0.4) is 0 Å². The minimum absolute atomic E-state index is 0.0116. The van der Waals surface area contributed by atoms with Crippen molar-refractivity contribution < 1.29 is 13.6 Å². The predicted octanol–water partition coefficient (Wildman–Crippen LogP) is 2.30. The Balaban J connectivity index is 2.25. The van der Waals surface area contributed by atoms with Crippen molar-refractivity contribution in [2.75, 3.05) is 0 Å². The van der Waals surface area contributed by atoms with Gasteiger partial charge in [0.2, 0.25) is 10.0 Å². The number of oxime groups is 1. The molecule has 6 nitrogen and oxygen atoms in total. The van der Waals surface area contributed by atoms with Gasteiger partial charge in [-0.15, -0.1) is 0 Å². The van der Waals surface area contributed by atoms with Gasteiger partial charge in [0.15, 0.2) is 0 Å². The smallest absolute Gasteiger partial charge is 0.242 e. The highest BCUT2D eigenvalue weighted by atomic mass is 79.9. The lowest BCUT2D eigenvalue weighted by molar-refractivity contribution is 0.312. The van der Waals surface area contributed by atoms with Crippen molar-refractivity contribution in [2.45, 2.75) is 30.2 Å². The Bertz CT molecular complexity index is 666. The summed E-state index contributed by atoms with van der Waals surface area (Å²) in [6.45, 7) is 0. The number of halogens is 2. The van der Waals surface area contributed by atoms with E-state index >= 15 is 0 Å². The molecule has 116 valence electrons. The number of amidine groups is 1. The van der Waals surface area contributed by atoms with Gasteiger partial charge in [0, 0.05) is 16.4 Å². The molecule has 21 heavy (non-hydrogen) atoms. The summed E-state index contributed by atoms with van der Waals surface area (Å²) in [5, 5.41) is 11.9. The molecule has 1 aliphatic rings. The molecule has 0 heterocycles. The van der Waals surface area contributed by atoms with Crippen LogP contribution in [0, 0.1) is 5.92 Å². The third-order valence-corrected chi connectivity index (χ3v) is 5.97. The highest BCUT2D eigenvalue weighted by molar-refractivity contribution is 9.10. The SMILES string of the molecule is NC(=NO)C1CCCC1NS(=O)(=O)c1ccc(Br)cc1Cl. The van der Waals surface area contributed by atoms with Gasteiger partial charge < -0.3 is 10.9 Å². The number of nitrogens with zero attached hydrogens (tertiary/aromatic N) is 1. The van der Waals surface area contributed by atoms with Gasteiger partial charge in [0.25, 0.3) is 0 Å². The average Bonchev–Trinajstić information content (AvgIpc) is 2.84. The first-order valence-corrected chi connectivity index (χ1v) is 8.95. The molecule has 0 spiro atoms. The highest BCUT2D eigenvalue weighted by Crippen LogP contribution is 2.29. The summed E-state index contributed by atoms with van der Waals surface area (Å²) >= 11 is 9.22. The van der Waals surface area contributed by atoms with Gasteiger partial charge >= 0.3 is 0 Å². The molecular formula is C12H15BrClN3O3S. The van der Waals surface area contributed by atoms with Crippen LogP contribution in [0.1, 0.15) is 19.3 Å². The molecule has 0 radical (unpaired) electrons. The monoisotopic (exact) mass is 395 g/mol. The maximum atomic E-state index is 12.4. The molecule has 1 aliphatic carbocycles. The van der Waals surface area contributed by atoms with Crippen LogP contribution in [-0.2, 0) is 10.0 Å². The first kappa shape index (κ1) is 16.5. The molecule has 1 aromatic rings. The number of hydrogen-bond donors (Lipinski definition) is 3. The van der Waals surface area contributed by atoms with Gasteiger partial charge in [-0.25, -0.2) is 13.1 Å². The lowest BCUT2D eigenvalue weighted by Gasteiger charge is -2.20. The van der Waals surface area contributed by atoms with Gasteiger partial charge in [-0.05, 0) is 31.0 Å². The Morgan fingerprint density at radius 3 is 2.81 bits per heavy atom. The van der Waals surface area contributed by atoms with E-state index in [4.69, 9.17) is 22.5 Å². The van der Waals surface area contributed by atoms with E-state index in [1.54, 1.807) is 6.07 Å². The van der Waals surface area contributed by atoms with Crippen LogP contribution in [0.5, 0.6) is 0 Å². The predicted molar refractivity (Wildman–Crippen MR) is 84.0 cm³/mol. The zero-order valence-electron chi connectivity index (χ0n) is 11.0. The van der Waals surface area contributed by atoms with E-state index in [2.05, 4.69) is 25.8 Å². The summed E-state index contributed by atoms with van der Waals surface area (Å²) in [5.41, 5.74) is 5.61.